The molecule has 0 bridgehead atoms. The molecule has 0 saturated carbocycles. The number of ether oxygens (including phenoxy) is 1. The third-order valence-electron chi connectivity index (χ3n) is 5.48. The van der Waals surface area contributed by atoms with Crippen LogP contribution in [0.15, 0.2) is 48.5 Å². The molecule has 0 aliphatic carbocycles. The van der Waals surface area contributed by atoms with Gasteiger partial charge in [0.05, 0.1) is 7.11 Å². The summed E-state index contributed by atoms with van der Waals surface area (Å²) in [4.78, 5) is 17.2. The fourth-order valence-electron chi connectivity index (χ4n) is 3.55. The lowest BCUT2D eigenvalue weighted by atomic mass is 10.1. The van der Waals surface area contributed by atoms with E-state index in [0.717, 1.165) is 50.6 Å². The maximum atomic E-state index is 12.2. The highest BCUT2D eigenvalue weighted by Crippen LogP contribution is 2.14. The first kappa shape index (κ1) is 21.1. The fourth-order valence-corrected chi connectivity index (χ4v) is 3.55. The SMILES string of the molecule is CCN1CCN(Cc2ccccc2CNC(=O)NCc2ccc(OC)cc2)CC1. The van der Waals surface area contributed by atoms with Crippen LogP contribution in [0.5, 0.6) is 5.75 Å². The first-order valence-electron chi connectivity index (χ1n) is 10.3. The topological polar surface area (TPSA) is 56.8 Å². The molecule has 0 aromatic heterocycles. The largest absolute Gasteiger partial charge is 0.497 e. The molecule has 0 spiro atoms. The Balaban J connectivity index is 1.46. The second kappa shape index (κ2) is 10.8. The Morgan fingerprint density at radius 1 is 0.897 bits per heavy atom. The number of likely N-dealkylation sites (N-methyl/N-ethyl adjacent to an activating group) is 1. The highest BCUT2D eigenvalue weighted by molar-refractivity contribution is 5.73. The Kier molecular flexibility index (Phi) is 7.90. The van der Waals surface area contributed by atoms with Crippen LogP contribution in [-0.2, 0) is 19.6 Å². The predicted molar refractivity (Wildman–Crippen MR) is 116 cm³/mol. The summed E-state index contributed by atoms with van der Waals surface area (Å²) in [5.41, 5.74) is 3.49. The molecule has 6 heteroatoms. The van der Waals surface area contributed by atoms with E-state index in [-0.39, 0.29) is 6.03 Å². The van der Waals surface area contributed by atoms with Crippen molar-refractivity contribution in [1.29, 1.82) is 0 Å². The molecule has 1 aliphatic rings. The minimum absolute atomic E-state index is 0.160. The van der Waals surface area contributed by atoms with Gasteiger partial charge in [-0.15, -0.1) is 0 Å². The Labute approximate surface area is 173 Å². The molecule has 156 valence electrons. The Morgan fingerprint density at radius 2 is 1.52 bits per heavy atom. The standard InChI is InChI=1S/C23H32N4O2/c1-3-26-12-14-27(15-13-26)18-21-7-5-4-6-20(21)17-25-23(28)24-16-19-8-10-22(29-2)11-9-19/h4-11H,3,12-18H2,1-2H3,(H2,24,25,28). The van der Waals surface area contributed by atoms with Crippen molar-refractivity contribution in [2.75, 3.05) is 39.8 Å². The van der Waals surface area contributed by atoms with Crippen LogP contribution < -0.4 is 15.4 Å². The summed E-state index contributed by atoms with van der Waals surface area (Å²) in [7, 11) is 1.64. The predicted octanol–water partition coefficient (Wildman–Crippen LogP) is 2.83. The maximum Gasteiger partial charge on any atom is 0.315 e. The average molecular weight is 397 g/mol. The molecule has 2 amide bonds. The van der Waals surface area contributed by atoms with Crippen molar-refractivity contribution >= 4 is 6.03 Å². The van der Waals surface area contributed by atoms with Gasteiger partial charge >= 0.3 is 6.03 Å². The van der Waals surface area contributed by atoms with E-state index in [2.05, 4.69) is 45.6 Å². The number of piperazine rings is 1. The number of rotatable bonds is 8. The number of nitrogens with one attached hydrogen (secondary N) is 2. The molecule has 29 heavy (non-hydrogen) atoms. The van der Waals surface area contributed by atoms with Crippen molar-refractivity contribution in [3.05, 3.63) is 65.2 Å². The summed E-state index contributed by atoms with van der Waals surface area (Å²) < 4.78 is 5.15. The molecule has 2 aromatic rings. The van der Waals surface area contributed by atoms with Crippen LogP contribution in [-0.4, -0.2) is 55.7 Å². The Morgan fingerprint density at radius 3 is 2.17 bits per heavy atom. The Bertz CT molecular complexity index is 771. The summed E-state index contributed by atoms with van der Waals surface area (Å²) in [5.74, 6) is 0.811. The molecule has 1 fully saturated rings. The van der Waals surface area contributed by atoms with Gasteiger partial charge in [0.1, 0.15) is 5.75 Å². The third kappa shape index (κ3) is 6.48. The van der Waals surface area contributed by atoms with Crippen LogP contribution >= 0.6 is 0 Å². The molecule has 0 unspecified atom stereocenters. The van der Waals surface area contributed by atoms with Gasteiger partial charge in [-0.05, 0) is 35.4 Å². The van der Waals surface area contributed by atoms with Crippen LogP contribution in [0.25, 0.3) is 0 Å². The normalized spacial score (nSPS) is 15.1. The molecule has 1 saturated heterocycles. The van der Waals surface area contributed by atoms with Gasteiger partial charge in [0, 0.05) is 45.8 Å². The van der Waals surface area contributed by atoms with Gasteiger partial charge in [-0.25, -0.2) is 4.79 Å². The maximum absolute atomic E-state index is 12.2. The van der Waals surface area contributed by atoms with E-state index in [1.165, 1.54) is 11.1 Å². The second-order valence-corrected chi connectivity index (χ2v) is 7.36. The first-order valence-corrected chi connectivity index (χ1v) is 10.3. The van der Waals surface area contributed by atoms with Gasteiger partial charge in [-0.3, -0.25) is 4.90 Å². The summed E-state index contributed by atoms with van der Waals surface area (Å²) in [5, 5.41) is 5.90. The number of nitrogens with zero attached hydrogens (tertiary/aromatic N) is 2. The van der Waals surface area contributed by atoms with E-state index < -0.39 is 0 Å². The number of amides is 2. The van der Waals surface area contributed by atoms with Crippen LogP contribution in [0.1, 0.15) is 23.6 Å². The summed E-state index contributed by atoms with van der Waals surface area (Å²) in [6.07, 6.45) is 0. The van der Waals surface area contributed by atoms with Crippen molar-refractivity contribution in [2.24, 2.45) is 0 Å². The van der Waals surface area contributed by atoms with Gasteiger partial charge in [0.25, 0.3) is 0 Å². The zero-order chi connectivity index (χ0) is 20.5. The summed E-state index contributed by atoms with van der Waals surface area (Å²) in [6, 6.07) is 15.9. The van der Waals surface area contributed by atoms with Crippen LogP contribution in [0.4, 0.5) is 4.79 Å². The van der Waals surface area contributed by atoms with E-state index in [0.29, 0.717) is 13.1 Å². The van der Waals surface area contributed by atoms with Crippen molar-refractivity contribution < 1.29 is 9.53 Å². The molecule has 2 aromatic carbocycles. The monoisotopic (exact) mass is 396 g/mol. The quantitative estimate of drug-likeness (QED) is 0.720. The third-order valence-corrected chi connectivity index (χ3v) is 5.48. The first-order chi connectivity index (χ1) is 14.2. The highest BCUT2D eigenvalue weighted by Gasteiger charge is 2.16. The lowest BCUT2D eigenvalue weighted by Crippen LogP contribution is -2.45. The van der Waals surface area contributed by atoms with Crippen LogP contribution in [0, 0.1) is 0 Å². The van der Waals surface area contributed by atoms with Gasteiger partial charge in [-0.1, -0.05) is 43.3 Å². The minimum atomic E-state index is -0.160. The molecule has 1 heterocycles. The number of carbonyl (C=O) groups excluding carboxylic acids is 1. The number of carbonyl (C=O) groups is 1. The minimum Gasteiger partial charge on any atom is -0.497 e. The van der Waals surface area contributed by atoms with Crippen molar-refractivity contribution in [2.45, 2.75) is 26.6 Å². The summed E-state index contributed by atoms with van der Waals surface area (Å²) >= 11 is 0. The molecular formula is C23H32N4O2. The Hall–Kier alpha value is -2.57. The second-order valence-electron chi connectivity index (χ2n) is 7.36. The molecule has 3 rings (SSSR count). The van der Waals surface area contributed by atoms with E-state index in [4.69, 9.17) is 4.74 Å². The fraction of sp³-hybridized carbons (Fsp3) is 0.435. The molecule has 0 atom stereocenters. The number of hydrogen-bond donors (Lipinski definition) is 2. The van der Waals surface area contributed by atoms with Gasteiger partial charge in [-0.2, -0.15) is 0 Å². The number of benzene rings is 2. The van der Waals surface area contributed by atoms with Crippen molar-refractivity contribution in [1.82, 2.24) is 20.4 Å². The van der Waals surface area contributed by atoms with Crippen molar-refractivity contribution in [3.8, 4) is 5.75 Å². The lowest BCUT2D eigenvalue weighted by molar-refractivity contribution is 0.131. The molecule has 2 N–H and O–H groups in total. The van der Waals surface area contributed by atoms with Gasteiger partial charge < -0.3 is 20.3 Å². The van der Waals surface area contributed by atoms with Crippen molar-refractivity contribution in [3.63, 3.8) is 0 Å². The molecular weight excluding hydrogens is 364 g/mol. The van der Waals surface area contributed by atoms with E-state index in [1.807, 2.05) is 30.3 Å². The number of urea groups is 1. The lowest BCUT2D eigenvalue weighted by Gasteiger charge is -2.34. The molecule has 0 radical (unpaired) electrons. The highest BCUT2D eigenvalue weighted by atomic mass is 16.5. The van der Waals surface area contributed by atoms with Crippen LogP contribution in [0.2, 0.25) is 0 Å². The summed E-state index contributed by atoms with van der Waals surface area (Å²) in [6.45, 7) is 9.74. The van der Waals surface area contributed by atoms with E-state index >= 15 is 0 Å². The smallest absolute Gasteiger partial charge is 0.315 e. The van der Waals surface area contributed by atoms with Gasteiger partial charge in [0.15, 0.2) is 0 Å². The molecule has 6 nitrogen and oxygen atoms in total. The average Bonchev–Trinajstić information content (AvgIpc) is 2.78. The number of hydrogen-bond acceptors (Lipinski definition) is 4. The van der Waals surface area contributed by atoms with E-state index in [9.17, 15) is 4.79 Å². The zero-order valence-corrected chi connectivity index (χ0v) is 17.5. The number of methoxy groups -OCH3 is 1. The van der Waals surface area contributed by atoms with E-state index in [1.54, 1.807) is 7.11 Å². The zero-order valence-electron chi connectivity index (χ0n) is 17.5. The van der Waals surface area contributed by atoms with Gasteiger partial charge in [0.2, 0.25) is 0 Å². The molecule has 1 aliphatic heterocycles. The van der Waals surface area contributed by atoms with Crippen LogP contribution in [0.3, 0.4) is 0 Å².